The lowest BCUT2D eigenvalue weighted by Gasteiger charge is -2.39. The molecule has 0 aromatic rings. The molecule has 0 radical (unpaired) electrons. The molecule has 0 aromatic heterocycles. The molecular weight excluding hydrogens is 272 g/mol. The van der Waals surface area contributed by atoms with Gasteiger partial charge in [0.15, 0.2) is 0 Å². The maximum Gasteiger partial charge on any atom is 0.314 e. The first kappa shape index (κ1) is 17.8. The Hall–Kier alpha value is -1.30. The molecule has 1 fully saturated rings. The Balaban J connectivity index is 1.95. The molecule has 0 saturated heterocycles. The van der Waals surface area contributed by atoms with Crippen LogP contribution in [0.5, 0.6) is 0 Å². The van der Waals surface area contributed by atoms with Crippen molar-refractivity contribution in [2.24, 2.45) is 5.92 Å². The Morgan fingerprint density at radius 1 is 1.19 bits per heavy atom. The predicted octanol–water partition coefficient (Wildman–Crippen LogP) is 2.13. The zero-order chi connectivity index (χ0) is 15.9. The second-order valence-electron chi connectivity index (χ2n) is 6.66. The van der Waals surface area contributed by atoms with E-state index in [4.69, 9.17) is 9.84 Å². The van der Waals surface area contributed by atoms with Crippen LogP contribution in [0.1, 0.15) is 52.9 Å². The molecule has 1 aliphatic carbocycles. The number of rotatable bonds is 8. The normalized spacial score (nSPS) is 21.5. The van der Waals surface area contributed by atoms with Gasteiger partial charge in [0.05, 0.1) is 11.7 Å². The van der Waals surface area contributed by atoms with E-state index in [9.17, 15) is 9.59 Å². The molecule has 0 aromatic carbocycles. The topological polar surface area (TPSA) is 87.7 Å². The van der Waals surface area contributed by atoms with Crippen molar-refractivity contribution in [3.8, 4) is 0 Å². The summed E-state index contributed by atoms with van der Waals surface area (Å²) in [5.41, 5.74) is -0.0796. The first-order valence-electron chi connectivity index (χ1n) is 7.67. The van der Waals surface area contributed by atoms with Crippen molar-refractivity contribution >= 4 is 12.0 Å². The van der Waals surface area contributed by atoms with Crippen molar-refractivity contribution in [3.05, 3.63) is 0 Å². The fraction of sp³-hybridized carbons (Fsp3) is 0.867. The third-order valence-corrected chi connectivity index (χ3v) is 3.40. The summed E-state index contributed by atoms with van der Waals surface area (Å²) < 4.78 is 5.87. The molecule has 6 nitrogen and oxygen atoms in total. The first-order chi connectivity index (χ1) is 9.76. The van der Waals surface area contributed by atoms with Gasteiger partial charge in [-0.15, -0.1) is 0 Å². The number of carboxylic acids is 1. The van der Waals surface area contributed by atoms with Gasteiger partial charge in [0, 0.05) is 19.5 Å². The molecule has 1 rings (SSSR count). The molecule has 122 valence electrons. The molecular formula is C15H28N2O4. The number of aliphatic carboxylic acids is 1. The van der Waals surface area contributed by atoms with Gasteiger partial charge in [0.2, 0.25) is 0 Å². The van der Waals surface area contributed by atoms with E-state index in [0.29, 0.717) is 31.5 Å². The molecule has 6 heteroatoms. The van der Waals surface area contributed by atoms with Gasteiger partial charge in [-0.05, 0) is 52.4 Å². The van der Waals surface area contributed by atoms with Crippen molar-refractivity contribution in [3.63, 3.8) is 0 Å². The molecule has 0 heterocycles. The summed E-state index contributed by atoms with van der Waals surface area (Å²) in [6.45, 7) is 7.24. The average Bonchev–Trinajstić information content (AvgIpc) is 2.29. The number of hydrogen-bond acceptors (Lipinski definition) is 3. The van der Waals surface area contributed by atoms with Gasteiger partial charge in [-0.25, -0.2) is 4.79 Å². The zero-order valence-corrected chi connectivity index (χ0v) is 13.3. The Bertz CT molecular complexity index is 346. The third kappa shape index (κ3) is 8.55. The standard InChI is InChI=1S/C15H28N2O4/c1-15(2,3)21-12-9-11(10-12)6-8-17-14(20)16-7-4-5-13(18)19/h11-12H,4-10H2,1-3H3,(H,18,19)(H2,16,17,20). The van der Waals surface area contributed by atoms with Crippen molar-refractivity contribution < 1.29 is 19.4 Å². The molecule has 2 amide bonds. The van der Waals surface area contributed by atoms with Gasteiger partial charge in [-0.2, -0.15) is 0 Å². The van der Waals surface area contributed by atoms with E-state index in [-0.39, 0.29) is 18.1 Å². The molecule has 0 aliphatic heterocycles. The van der Waals surface area contributed by atoms with Crippen molar-refractivity contribution in [2.75, 3.05) is 13.1 Å². The minimum Gasteiger partial charge on any atom is -0.481 e. The van der Waals surface area contributed by atoms with Crippen LogP contribution in [0.15, 0.2) is 0 Å². The Morgan fingerprint density at radius 2 is 1.81 bits per heavy atom. The predicted molar refractivity (Wildman–Crippen MR) is 80.2 cm³/mol. The number of carbonyl (C=O) groups is 2. The smallest absolute Gasteiger partial charge is 0.314 e. The SMILES string of the molecule is CC(C)(C)OC1CC(CCNC(=O)NCCCC(=O)O)C1. The summed E-state index contributed by atoms with van der Waals surface area (Å²) in [6, 6.07) is -0.220. The van der Waals surface area contributed by atoms with Crippen LogP contribution in [-0.4, -0.2) is 41.9 Å². The molecule has 3 N–H and O–H groups in total. The number of amides is 2. The summed E-state index contributed by atoms with van der Waals surface area (Å²) in [5.74, 6) is -0.209. The highest BCUT2D eigenvalue weighted by Crippen LogP contribution is 2.34. The van der Waals surface area contributed by atoms with Gasteiger partial charge in [0.1, 0.15) is 0 Å². The van der Waals surface area contributed by atoms with Crippen molar-refractivity contribution in [1.82, 2.24) is 10.6 Å². The van der Waals surface area contributed by atoms with Crippen LogP contribution >= 0.6 is 0 Å². The summed E-state index contributed by atoms with van der Waals surface area (Å²) in [4.78, 5) is 21.7. The number of nitrogens with one attached hydrogen (secondary N) is 2. The highest BCUT2D eigenvalue weighted by atomic mass is 16.5. The highest BCUT2D eigenvalue weighted by molar-refractivity contribution is 5.73. The summed E-state index contributed by atoms with van der Waals surface area (Å²) in [7, 11) is 0. The number of carbonyl (C=O) groups excluding carboxylic acids is 1. The Morgan fingerprint density at radius 3 is 2.38 bits per heavy atom. The average molecular weight is 300 g/mol. The highest BCUT2D eigenvalue weighted by Gasteiger charge is 2.32. The van der Waals surface area contributed by atoms with Crippen molar-refractivity contribution in [1.29, 1.82) is 0 Å². The Kier molecular flexibility index (Phi) is 6.95. The van der Waals surface area contributed by atoms with Crippen LogP contribution in [0.25, 0.3) is 0 Å². The fourth-order valence-corrected chi connectivity index (χ4v) is 2.40. The van der Waals surface area contributed by atoms with Crippen LogP contribution < -0.4 is 10.6 Å². The van der Waals surface area contributed by atoms with Gasteiger partial charge in [-0.3, -0.25) is 4.79 Å². The molecule has 0 atom stereocenters. The van der Waals surface area contributed by atoms with Crippen LogP contribution in [0.3, 0.4) is 0 Å². The summed E-state index contributed by atoms with van der Waals surface area (Å²) >= 11 is 0. The fourth-order valence-electron chi connectivity index (χ4n) is 2.40. The lowest BCUT2D eigenvalue weighted by atomic mass is 9.79. The van der Waals surface area contributed by atoms with E-state index >= 15 is 0 Å². The lowest BCUT2D eigenvalue weighted by molar-refractivity contribution is -0.137. The quantitative estimate of drug-likeness (QED) is 0.599. The summed E-state index contributed by atoms with van der Waals surface area (Å²) in [5, 5.41) is 13.9. The van der Waals surface area contributed by atoms with Gasteiger partial charge in [0.25, 0.3) is 0 Å². The molecule has 0 unspecified atom stereocenters. The van der Waals surface area contributed by atoms with E-state index in [0.717, 1.165) is 19.3 Å². The van der Waals surface area contributed by atoms with Gasteiger partial charge < -0.3 is 20.5 Å². The number of ether oxygens (including phenoxy) is 1. The molecule has 0 spiro atoms. The second-order valence-corrected chi connectivity index (χ2v) is 6.66. The van der Waals surface area contributed by atoms with Gasteiger partial charge >= 0.3 is 12.0 Å². The zero-order valence-electron chi connectivity index (χ0n) is 13.3. The number of urea groups is 1. The van der Waals surface area contributed by atoms with Gasteiger partial charge in [-0.1, -0.05) is 0 Å². The monoisotopic (exact) mass is 300 g/mol. The number of hydrogen-bond donors (Lipinski definition) is 3. The number of carboxylic acid groups (broad SMARTS) is 1. The maximum atomic E-state index is 11.4. The first-order valence-corrected chi connectivity index (χ1v) is 7.67. The van der Waals surface area contributed by atoms with Crippen LogP contribution in [0, 0.1) is 5.92 Å². The van der Waals surface area contributed by atoms with E-state index in [1.165, 1.54) is 0 Å². The maximum absolute atomic E-state index is 11.4. The van der Waals surface area contributed by atoms with Crippen LogP contribution in [-0.2, 0) is 9.53 Å². The van der Waals surface area contributed by atoms with E-state index in [2.05, 4.69) is 31.4 Å². The van der Waals surface area contributed by atoms with E-state index in [1.54, 1.807) is 0 Å². The lowest BCUT2D eigenvalue weighted by Crippen LogP contribution is -2.40. The molecule has 1 aliphatic rings. The second kappa shape index (κ2) is 8.22. The van der Waals surface area contributed by atoms with Crippen molar-refractivity contribution in [2.45, 2.75) is 64.6 Å². The minimum atomic E-state index is -0.839. The minimum absolute atomic E-state index is 0.0796. The molecule has 21 heavy (non-hydrogen) atoms. The van der Waals surface area contributed by atoms with Crippen LogP contribution in [0.2, 0.25) is 0 Å². The summed E-state index contributed by atoms with van der Waals surface area (Å²) in [6.07, 6.45) is 4.00. The molecule has 1 saturated carbocycles. The van der Waals surface area contributed by atoms with E-state index < -0.39 is 5.97 Å². The Labute approximate surface area is 126 Å². The molecule has 0 bridgehead atoms. The third-order valence-electron chi connectivity index (χ3n) is 3.40. The van der Waals surface area contributed by atoms with E-state index in [1.807, 2.05) is 0 Å². The largest absolute Gasteiger partial charge is 0.481 e. The van der Waals surface area contributed by atoms with Crippen LogP contribution in [0.4, 0.5) is 4.79 Å².